The summed E-state index contributed by atoms with van der Waals surface area (Å²) >= 11 is 0. The molecular weight excluding hydrogens is 366 g/mol. The summed E-state index contributed by atoms with van der Waals surface area (Å²) in [4.78, 5) is 24.4. The number of amides is 2. The molecule has 0 radical (unpaired) electrons. The van der Waals surface area contributed by atoms with Gasteiger partial charge in [0.2, 0.25) is 5.91 Å². The topological polar surface area (TPSA) is 79.8 Å². The van der Waals surface area contributed by atoms with Crippen LogP contribution >= 0.6 is 0 Å². The molecule has 0 atom stereocenters. The van der Waals surface area contributed by atoms with Crippen molar-refractivity contribution in [3.05, 3.63) is 60.2 Å². The average Bonchev–Trinajstić information content (AvgIpc) is 2.77. The van der Waals surface area contributed by atoms with Crippen molar-refractivity contribution in [1.82, 2.24) is 5.43 Å². The van der Waals surface area contributed by atoms with Gasteiger partial charge < -0.3 is 10.1 Å². The molecule has 1 aliphatic rings. The van der Waals surface area contributed by atoms with Gasteiger partial charge >= 0.3 is 0 Å². The van der Waals surface area contributed by atoms with Crippen molar-refractivity contribution in [1.29, 1.82) is 0 Å². The van der Waals surface area contributed by atoms with E-state index < -0.39 is 0 Å². The summed E-state index contributed by atoms with van der Waals surface area (Å²) in [5.74, 6) is 0.480. The van der Waals surface area contributed by atoms with Gasteiger partial charge in [-0.3, -0.25) is 9.59 Å². The fraction of sp³-hybridized carbons (Fsp3) is 0.348. The van der Waals surface area contributed by atoms with E-state index in [9.17, 15) is 9.59 Å². The third-order valence-corrected chi connectivity index (χ3v) is 4.99. The van der Waals surface area contributed by atoms with Crippen molar-refractivity contribution < 1.29 is 14.3 Å². The molecule has 152 valence electrons. The molecule has 1 saturated carbocycles. The summed E-state index contributed by atoms with van der Waals surface area (Å²) in [7, 11) is 0. The number of nitrogens with zero attached hydrogens (tertiary/aromatic N) is 1. The van der Waals surface area contributed by atoms with Crippen molar-refractivity contribution in [3.63, 3.8) is 0 Å². The number of hydrazone groups is 1. The lowest BCUT2D eigenvalue weighted by Crippen LogP contribution is -2.26. The second-order valence-electron chi connectivity index (χ2n) is 7.24. The van der Waals surface area contributed by atoms with Crippen molar-refractivity contribution in [3.8, 4) is 5.75 Å². The van der Waals surface area contributed by atoms with E-state index in [0.717, 1.165) is 36.9 Å². The van der Waals surface area contributed by atoms with Gasteiger partial charge in [-0.1, -0.05) is 49.6 Å². The van der Waals surface area contributed by atoms with Crippen LogP contribution in [0.2, 0.25) is 0 Å². The largest absolute Gasteiger partial charge is 0.484 e. The molecule has 29 heavy (non-hydrogen) atoms. The van der Waals surface area contributed by atoms with Gasteiger partial charge in [0.1, 0.15) is 5.75 Å². The van der Waals surface area contributed by atoms with Gasteiger partial charge in [-0.25, -0.2) is 5.43 Å². The number of nitrogens with one attached hydrogen (secondary N) is 2. The lowest BCUT2D eigenvalue weighted by atomic mass is 9.88. The quantitative estimate of drug-likeness (QED) is 0.548. The first-order chi connectivity index (χ1) is 14.1. The van der Waals surface area contributed by atoms with Crippen LogP contribution < -0.4 is 15.5 Å². The van der Waals surface area contributed by atoms with Crippen molar-refractivity contribution in [2.45, 2.75) is 39.0 Å². The Bertz CT molecular complexity index is 859. The molecule has 0 spiro atoms. The highest BCUT2D eigenvalue weighted by Crippen LogP contribution is 2.25. The zero-order valence-corrected chi connectivity index (χ0v) is 16.7. The second-order valence-corrected chi connectivity index (χ2v) is 7.24. The molecule has 0 unspecified atom stereocenters. The molecule has 0 aromatic heterocycles. The molecule has 0 saturated heterocycles. The van der Waals surface area contributed by atoms with Gasteiger partial charge in [0.25, 0.3) is 5.91 Å². The van der Waals surface area contributed by atoms with E-state index in [1.807, 2.05) is 42.5 Å². The molecule has 0 bridgehead atoms. The van der Waals surface area contributed by atoms with Gasteiger partial charge in [0.05, 0.1) is 5.71 Å². The highest BCUT2D eigenvalue weighted by Gasteiger charge is 2.21. The number of carbonyl (C=O) groups is 2. The lowest BCUT2D eigenvalue weighted by molar-refractivity contribution is -0.123. The highest BCUT2D eigenvalue weighted by atomic mass is 16.5. The number of hydrogen-bond donors (Lipinski definition) is 2. The lowest BCUT2D eigenvalue weighted by Gasteiger charge is -2.20. The molecule has 2 aromatic rings. The molecule has 3 rings (SSSR count). The van der Waals surface area contributed by atoms with Crippen LogP contribution in [0.1, 0.15) is 44.6 Å². The Balaban J connectivity index is 1.53. The molecular formula is C23H27N3O3. The average molecular weight is 393 g/mol. The molecule has 6 nitrogen and oxygen atoms in total. The number of anilines is 1. The second kappa shape index (κ2) is 10.4. The van der Waals surface area contributed by atoms with Crippen LogP contribution in [0.25, 0.3) is 0 Å². The van der Waals surface area contributed by atoms with Crippen LogP contribution in [0.15, 0.2) is 59.7 Å². The summed E-state index contributed by atoms with van der Waals surface area (Å²) < 4.78 is 5.40. The predicted octanol–water partition coefficient (Wildman–Crippen LogP) is 4.12. The van der Waals surface area contributed by atoms with Crippen LogP contribution in [-0.2, 0) is 9.59 Å². The standard InChI is InChI=1S/C23H27N3O3/c1-17(25-26-22(27)16-29-21-13-6-3-7-14-21)19-11-8-12-20(15-19)24-23(28)18-9-4-2-5-10-18/h3,6-8,11-15,18H,2,4-5,9-10,16H2,1H3,(H,24,28)(H,26,27)/b25-17+. The maximum absolute atomic E-state index is 12.4. The van der Waals surface area contributed by atoms with E-state index in [-0.39, 0.29) is 24.3 Å². The van der Waals surface area contributed by atoms with Crippen LogP contribution in [0.5, 0.6) is 5.75 Å². The SMILES string of the molecule is C/C(=N\NC(=O)COc1ccccc1)c1cccc(NC(=O)C2CCCCC2)c1. The van der Waals surface area contributed by atoms with E-state index in [0.29, 0.717) is 11.5 Å². The van der Waals surface area contributed by atoms with E-state index in [4.69, 9.17) is 4.74 Å². The maximum atomic E-state index is 12.4. The molecule has 0 heterocycles. The smallest absolute Gasteiger partial charge is 0.277 e. The molecule has 2 N–H and O–H groups in total. The Hall–Kier alpha value is -3.15. The number of carbonyl (C=O) groups excluding carboxylic acids is 2. The number of hydrogen-bond acceptors (Lipinski definition) is 4. The number of ether oxygens (including phenoxy) is 1. The maximum Gasteiger partial charge on any atom is 0.277 e. The fourth-order valence-electron chi connectivity index (χ4n) is 3.34. The summed E-state index contributed by atoms with van der Waals surface area (Å²) in [5.41, 5.74) is 4.72. The summed E-state index contributed by atoms with van der Waals surface area (Å²) in [6.45, 7) is 1.69. The summed E-state index contributed by atoms with van der Waals surface area (Å²) in [5, 5.41) is 7.15. The van der Waals surface area contributed by atoms with Crippen molar-refractivity contribution in [2.75, 3.05) is 11.9 Å². The van der Waals surface area contributed by atoms with Gasteiger partial charge in [0.15, 0.2) is 6.61 Å². The Kier molecular flexibility index (Phi) is 7.39. The molecule has 6 heteroatoms. The zero-order chi connectivity index (χ0) is 20.5. The minimum Gasteiger partial charge on any atom is -0.484 e. The van der Waals surface area contributed by atoms with Crippen LogP contribution in [0.4, 0.5) is 5.69 Å². The first-order valence-corrected chi connectivity index (χ1v) is 10.0. The predicted molar refractivity (Wildman–Crippen MR) is 114 cm³/mol. The summed E-state index contributed by atoms with van der Waals surface area (Å²) in [6.07, 6.45) is 5.39. The van der Waals surface area contributed by atoms with Crippen LogP contribution in [0, 0.1) is 5.92 Å². The first-order valence-electron chi connectivity index (χ1n) is 10.0. The van der Waals surface area contributed by atoms with Gasteiger partial charge in [0, 0.05) is 11.6 Å². The van der Waals surface area contributed by atoms with Crippen molar-refractivity contribution in [2.24, 2.45) is 11.0 Å². The number of rotatable bonds is 7. The molecule has 1 fully saturated rings. The minimum absolute atomic E-state index is 0.0859. The number of para-hydroxylation sites is 1. The molecule has 2 aromatic carbocycles. The zero-order valence-electron chi connectivity index (χ0n) is 16.7. The Labute approximate surface area is 171 Å². The van der Waals surface area contributed by atoms with Gasteiger partial charge in [-0.2, -0.15) is 5.10 Å². The molecule has 0 aliphatic heterocycles. The number of benzene rings is 2. The van der Waals surface area contributed by atoms with Gasteiger partial charge in [-0.15, -0.1) is 0 Å². The summed E-state index contributed by atoms with van der Waals surface area (Å²) in [6, 6.07) is 16.6. The first kappa shape index (κ1) is 20.6. The van der Waals surface area contributed by atoms with Gasteiger partial charge in [-0.05, 0) is 49.6 Å². The van der Waals surface area contributed by atoms with E-state index in [1.54, 1.807) is 19.1 Å². The van der Waals surface area contributed by atoms with E-state index in [2.05, 4.69) is 15.8 Å². The van der Waals surface area contributed by atoms with Crippen LogP contribution in [0.3, 0.4) is 0 Å². The third kappa shape index (κ3) is 6.45. The van der Waals surface area contributed by atoms with Crippen molar-refractivity contribution >= 4 is 23.2 Å². The Morgan fingerprint density at radius 2 is 1.79 bits per heavy atom. The highest BCUT2D eigenvalue weighted by molar-refractivity contribution is 6.01. The van der Waals surface area contributed by atoms with Crippen LogP contribution in [-0.4, -0.2) is 24.1 Å². The monoisotopic (exact) mass is 393 g/mol. The molecule has 1 aliphatic carbocycles. The third-order valence-electron chi connectivity index (χ3n) is 4.99. The Morgan fingerprint density at radius 3 is 2.55 bits per heavy atom. The minimum atomic E-state index is -0.338. The Morgan fingerprint density at radius 1 is 1.03 bits per heavy atom. The van der Waals surface area contributed by atoms with E-state index >= 15 is 0 Å². The van der Waals surface area contributed by atoms with E-state index in [1.165, 1.54) is 6.42 Å². The fourth-order valence-corrected chi connectivity index (χ4v) is 3.34. The normalized spacial score (nSPS) is 14.9. The molecule has 2 amide bonds.